The van der Waals surface area contributed by atoms with Gasteiger partial charge in [0.2, 0.25) is 5.91 Å². The molecule has 0 aromatic heterocycles. The Labute approximate surface area is 180 Å². The number of carbonyl (C=O) groups is 3. The molecule has 1 heterocycles. The second-order valence-corrected chi connectivity index (χ2v) is 7.86. The van der Waals surface area contributed by atoms with E-state index in [1.54, 1.807) is 6.08 Å². The Morgan fingerprint density at radius 3 is 2.70 bits per heavy atom. The van der Waals surface area contributed by atoms with Crippen molar-refractivity contribution in [3.8, 4) is 5.75 Å². The van der Waals surface area contributed by atoms with E-state index in [0.29, 0.717) is 24.4 Å². The van der Waals surface area contributed by atoms with Gasteiger partial charge in [-0.1, -0.05) is 42.5 Å². The molecule has 0 saturated carbocycles. The van der Waals surface area contributed by atoms with E-state index >= 15 is 0 Å². The Bertz CT molecular complexity index is 943. The molecule has 1 aliphatic heterocycles. The van der Waals surface area contributed by atoms with Crippen LogP contribution in [0.3, 0.4) is 0 Å². The molecule has 0 bridgehead atoms. The van der Waals surface area contributed by atoms with E-state index in [-0.39, 0.29) is 30.1 Å². The maximum absolute atomic E-state index is 12.5. The van der Waals surface area contributed by atoms with Crippen LogP contribution in [0.1, 0.15) is 24.0 Å². The Kier molecular flexibility index (Phi) is 7.68. The summed E-state index contributed by atoms with van der Waals surface area (Å²) in [5.41, 5.74) is 1.99. The molecule has 1 saturated heterocycles. The molecule has 3 rings (SSSR count). The van der Waals surface area contributed by atoms with Crippen LogP contribution in [0.2, 0.25) is 0 Å². The molecule has 0 aliphatic carbocycles. The molecule has 1 aliphatic rings. The molecule has 0 atom stereocenters. The van der Waals surface area contributed by atoms with Gasteiger partial charge in [-0.2, -0.15) is 0 Å². The highest BCUT2D eigenvalue weighted by Gasteiger charge is 2.34. The van der Waals surface area contributed by atoms with Gasteiger partial charge in [0.25, 0.3) is 11.1 Å². The molecule has 1 N–H and O–H groups in total. The highest BCUT2D eigenvalue weighted by atomic mass is 32.2. The highest BCUT2D eigenvalue weighted by Crippen LogP contribution is 2.31. The van der Waals surface area contributed by atoms with Crippen LogP contribution in [0.5, 0.6) is 5.75 Å². The first-order valence-corrected chi connectivity index (χ1v) is 10.6. The van der Waals surface area contributed by atoms with Crippen molar-refractivity contribution in [1.82, 2.24) is 10.2 Å². The van der Waals surface area contributed by atoms with Gasteiger partial charge in [-0.25, -0.2) is 0 Å². The van der Waals surface area contributed by atoms with E-state index in [0.717, 1.165) is 28.6 Å². The third kappa shape index (κ3) is 6.22. The number of imide groups is 1. The molecule has 2 aromatic carbocycles. The standard InChI is InChI=1S/C23H24N2O4S/c1-17-7-5-10-19(15-17)29-14-6-11-21(26)24-12-13-25-22(27)20(30-23(25)28)16-18-8-3-2-4-9-18/h2-5,7-10,15-16H,6,11-14H2,1H3,(H,24,26). The fourth-order valence-corrected chi connectivity index (χ4v) is 3.78. The second-order valence-electron chi connectivity index (χ2n) is 6.86. The fraction of sp³-hybridized carbons (Fsp3) is 0.261. The van der Waals surface area contributed by atoms with Gasteiger partial charge in [-0.3, -0.25) is 19.3 Å². The number of ether oxygens (including phenoxy) is 1. The highest BCUT2D eigenvalue weighted by molar-refractivity contribution is 8.18. The van der Waals surface area contributed by atoms with Crippen LogP contribution < -0.4 is 10.1 Å². The van der Waals surface area contributed by atoms with Crippen LogP contribution in [0, 0.1) is 6.92 Å². The molecular weight excluding hydrogens is 400 g/mol. The third-order valence-corrected chi connectivity index (χ3v) is 5.34. The first-order chi connectivity index (χ1) is 14.5. The zero-order valence-corrected chi connectivity index (χ0v) is 17.6. The SMILES string of the molecule is Cc1cccc(OCCCC(=O)NCCN2C(=O)SC(=Cc3ccccc3)C2=O)c1. The Morgan fingerprint density at radius 1 is 1.13 bits per heavy atom. The molecule has 3 amide bonds. The summed E-state index contributed by atoms with van der Waals surface area (Å²) in [7, 11) is 0. The monoisotopic (exact) mass is 424 g/mol. The molecule has 7 heteroatoms. The van der Waals surface area contributed by atoms with Crippen LogP contribution in [0.4, 0.5) is 4.79 Å². The maximum Gasteiger partial charge on any atom is 0.293 e. The van der Waals surface area contributed by atoms with Gasteiger partial charge in [-0.15, -0.1) is 0 Å². The number of aryl methyl sites for hydroxylation is 1. The van der Waals surface area contributed by atoms with Crippen molar-refractivity contribution in [2.45, 2.75) is 19.8 Å². The lowest BCUT2D eigenvalue weighted by atomic mass is 10.2. The largest absolute Gasteiger partial charge is 0.494 e. The van der Waals surface area contributed by atoms with Gasteiger partial charge >= 0.3 is 0 Å². The number of hydrogen-bond donors (Lipinski definition) is 1. The lowest BCUT2D eigenvalue weighted by molar-refractivity contribution is -0.124. The lowest BCUT2D eigenvalue weighted by Gasteiger charge is -2.13. The summed E-state index contributed by atoms with van der Waals surface area (Å²) in [6.45, 7) is 2.83. The average molecular weight is 425 g/mol. The molecule has 6 nitrogen and oxygen atoms in total. The molecule has 0 radical (unpaired) electrons. The van der Waals surface area contributed by atoms with Crippen LogP contribution in [0.25, 0.3) is 6.08 Å². The normalized spacial score (nSPS) is 15.0. The van der Waals surface area contributed by atoms with E-state index in [1.165, 1.54) is 4.90 Å². The van der Waals surface area contributed by atoms with Gasteiger partial charge in [-0.05, 0) is 54.4 Å². The number of benzene rings is 2. The molecule has 0 spiro atoms. The molecule has 1 fully saturated rings. The van der Waals surface area contributed by atoms with Crippen molar-refractivity contribution in [3.63, 3.8) is 0 Å². The van der Waals surface area contributed by atoms with E-state index < -0.39 is 0 Å². The summed E-state index contributed by atoms with van der Waals surface area (Å²) in [5, 5.41) is 2.44. The minimum absolute atomic E-state index is 0.130. The van der Waals surface area contributed by atoms with Gasteiger partial charge in [0.05, 0.1) is 11.5 Å². The number of amides is 3. The molecule has 0 unspecified atom stereocenters. The predicted molar refractivity (Wildman–Crippen MR) is 118 cm³/mol. The van der Waals surface area contributed by atoms with Crippen molar-refractivity contribution in [1.29, 1.82) is 0 Å². The van der Waals surface area contributed by atoms with Crippen LogP contribution in [-0.4, -0.2) is 41.6 Å². The number of nitrogens with zero attached hydrogens (tertiary/aromatic N) is 1. The quantitative estimate of drug-likeness (QED) is 0.486. The fourth-order valence-electron chi connectivity index (χ4n) is 2.92. The van der Waals surface area contributed by atoms with Crippen LogP contribution >= 0.6 is 11.8 Å². The molecule has 2 aromatic rings. The van der Waals surface area contributed by atoms with Crippen LogP contribution in [-0.2, 0) is 9.59 Å². The number of thioether (sulfide) groups is 1. The van der Waals surface area contributed by atoms with Crippen molar-refractivity contribution >= 4 is 34.9 Å². The number of carbonyl (C=O) groups excluding carboxylic acids is 3. The Balaban J connectivity index is 1.37. The maximum atomic E-state index is 12.5. The Morgan fingerprint density at radius 2 is 1.93 bits per heavy atom. The summed E-state index contributed by atoms with van der Waals surface area (Å²) in [5.74, 6) is 0.336. The molecule has 156 valence electrons. The number of hydrogen-bond acceptors (Lipinski definition) is 5. The smallest absolute Gasteiger partial charge is 0.293 e. The van der Waals surface area contributed by atoms with Gasteiger partial charge in [0.1, 0.15) is 5.75 Å². The van der Waals surface area contributed by atoms with Crippen molar-refractivity contribution in [3.05, 3.63) is 70.6 Å². The van der Waals surface area contributed by atoms with E-state index in [1.807, 2.05) is 61.5 Å². The zero-order chi connectivity index (χ0) is 21.3. The predicted octanol–water partition coefficient (Wildman–Crippen LogP) is 4.01. The van der Waals surface area contributed by atoms with Gasteiger partial charge in [0.15, 0.2) is 0 Å². The third-order valence-electron chi connectivity index (χ3n) is 4.43. The zero-order valence-electron chi connectivity index (χ0n) is 16.8. The van der Waals surface area contributed by atoms with Gasteiger partial charge < -0.3 is 10.1 Å². The molecule has 30 heavy (non-hydrogen) atoms. The first kappa shape index (κ1) is 21.6. The van der Waals surface area contributed by atoms with Crippen molar-refractivity contribution in [2.75, 3.05) is 19.7 Å². The average Bonchev–Trinajstić information content (AvgIpc) is 2.99. The summed E-state index contributed by atoms with van der Waals surface area (Å²) in [6.07, 6.45) is 2.61. The topological polar surface area (TPSA) is 75.7 Å². The number of nitrogens with one attached hydrogen (secondary N) is 1. The molecular formula is C23H24N2O4S. The van der Waals surface area contributed by atoms with Gasteiger partial charge in [0, 0.05) is 19.5 Å². The first-order valence-electron chi connectivity index (χ1n) is 9.79. The summed E-state index contributed by atoms with van der Waals surface area (Å²) in [4.78, 5) is 38.1. The van der Waals surface area contributed by atoms with E-state index in [4.69, 9.17) is 4.74 Å². The van der Waals surface area contributed by atoms with E-state index in [2.05, 4.69) is 5.32 Å². The summed E-state index contributed by atoms with van der Waals surface area (Å²) in [6, 6.07) is 17.1. The minimum Gasteiger partial charge on any atom is -0.494 e. The number of rotatable bonds is 9. The van der Waals surface area contributed by atoms with Crippen LogP contribution in [0.15, 0.2) is 59.5 Å². The minimum atomic E-state index is -0.324. The summed E-state index contributed by atoms with van der Waals surface area (Å²) >= 11 is 0.920. The van der Waals surface area contributed by atoms with Crippen molar-refractivity contribution in [2.24, 2.45) is 0 Å². The Hall–Kier alpha value is -3.06. The second kappa shape index (κ2) is 10.6. The van der Waals surface area contributed by atoms with Crippen molar-refractivity contribution < 1.29 is 19.1 Å². The van der Waals surface area contributed by atoms with E-state index in [9.17, 15) is 14.4 Å². The lowest BCUT2D eigenvalue weighted by Crippen LogP contribution is -2.37. The summed E-state index contributed by atoms with van der Waals surface area (Å²) < 4.78 is 5.63.